The zero-order chi connectivity index (χ0) is 15.7. The van der Waals surface area contributed by atoms with Crippen molar-refractivity contribution in [2.24, 2.45) is 0 Å². The SMILES string of the molecule is Cc1ccc(Cl)cc1NC(=O)c1cncc2c1CCN(C)C2. The fourth-order valence-electron chi connectivity index (χ4n) is 2.75. The summed E-state index contributed by atoms with van der Waals surface area (Å²) in [6.45, 7) is 3.73. The van der Waals surface area contributed by atoms with Crippen LogP contribution in [0.3, 0.4) is 0 Å². The number of nitrogens with zero attached hydrogens (tertiary/aromatic N) is 2. The van der Waals surface area contributed by atoms with Gasteiger partial charge >= 0.3 is 0 Å². The molecule has 0 saturated carbocycles. The van der Waals surface area contributed by atoms with E-state index in [1.54, 1.807) is 12.3 Å². The number of carbonyl (C=O) groups excluding carboxylic acids is 1. The van der Waals surface area contributed by atoms with Gasteiger partial charge < -0.3 is 10.2 Å². The lowest BCUT2D eigenvalue weighted by Gasteiger charge is -2.26. The van der Waals surface area contributed by atoms with Crippen molar-refractivity contribution in [1.29, 1.82) is 0 Å². The van der Waals surface area contributed by atoms with Crippen LogP contribution in [0.15, 0.2) is 30.6 Å². The molecular weight excluding hydrogens is 298 g/mol. The standard InChI is InChI=1S/C17H18ClN3O/c1-11-3-4-13(18)7-16(11)20-17(22)15-9-19-8-12-10-21(2)6-5-14(12)15/h3-4,7-9H,5-6,10H2,1-2H3,(H,20,22). The van der Waals surface area contributed by atoms with E-state index in [0.717, 1.165) is 41.9 Å². The molecule has 1 N–H and O–H groups in total. The van der Waals surface area contributed by atoms with Gasteiger partial charge in [-0.3, -0.25) is 9.78 Å². The molecule has 0 radical (unpaired) electrons. The third kappa shape index (κ3) is 2.98. The van der Waals surface area contributed by atoms with E-state index in [4.69, 9.17) is 11.6 Å². The maximum Gasteiger partial charge on any atom is 0.257 e. The van der Waals surface area contributed by atoms with Gasteiger partial charge in [0.25, 0.3) is 5.91 Å². The van der Waals surface area contributed by atoms with Crippen molar-refractivity contribution < 1.29 is 4.79 Å². The third-order valence-corrected chi connectivity index (χ3v) is 4.26. The van der Waals surface area contributed by atoms with Crippen LogP contribution in [0, 0.1) is 6.92 Å². The van der Waals surface area contributed by atoms with Gasteiger partial charge in [-0.25, -0.2) is 0 Å². The van der Waals surface area contributed by atoms with Gasteiger partial charge in [0.2, 0.25) is 0 Å². The van der Waals surface area contributed by atoms with Gasteiger partial charge in [-0.2, -0.15) is 0 Å². The highest BCUT2D eigenvalue weighted by molar-refractivity contribution is 6.31. The Kier molecular flexibility index (Phi) is 4.14. The second-order valence-corrected chi connectivity index (χ2v) is 6.16. The Morgan fingerprint density at radius 3 is 3.00 bits per heavy atom. The average molecular weight is 316 g/mol. The average Bonchev–Trinajstić information content (AvgIpc) is 2.50. The summed E-state index contributed by atoms with van der Waals surface area (Å²) >= 11 is 6.01. The van der Waals surface area contributed by atoms with Crippen LogP contribution in [0.4, 0.5) is 5.69 Å². The molecule has 0 aliphatic carbocycles. The first-order valence-corrected chi connectivity index (χ1v) is 7.64. The number of fused-ring (bicyclic) bond motifs is 1. The van der Waals surface area contributed by atoms with E-state index in [9.17, 15) is 4.79 Å². The van der Waals surface area contributed by atoms with Gasteiger partial charge in [-0.15, -0.1) is 0 Å². The summed E-state index contributed by atoms with van der Waals surface area (Å²) in [7, 11) is 2.07. The number of benzene rings is 1. The molecule has 22 heavy (non-hydrogen) atoms. The molecule has 1 aromatic heterocycles. The van der Waals surface area contributed by atoms with E-state index in [1.165, 1.54) is 0 Å². The highest BCUT2D eigenvalue weighted by atomic mass is 35.5. The van der Waals surface area contributed by atoms with E-state index in [-0.39, 0.29) is 5.91 Å². The smallest absolute Gasteiger partial charge is 0.257 e. The number of likely N-dealkylation sites (N-methyl/N-ethyl adjacent to an activating group) is 1. The van der Waals surface area contributed by atoms with E-state index in [0.29, 0.717) is 10.6 Å². The van der Waals surface area contributed by atoms with Gasteiger partial charge in [0, 0.05) is 36.2 Å². The van der Waals surface area contributed by atoms with E-state index in [2.05, 4.69) is 22.2 Å². The third-order valence-electron chi connectivity index (χ3n) is 4.02. The fourth-order valence-corrected chi connectivity index (χ4v) is 2.92. The van der Waals surface area contributed by atoms with Crippen LogP contribution < -0.4 is 5.32 Å². The van der Waals surface area contributed by atoms with Crippen molar-refractivity contribution in [2.75, 3.05) is 18.9 Å². The molecule has 0 spiro atoms. The number of aryl methyl sites for hydroxylation is 1. The molecule has 2 aromatic rings. The summed E-state index contributed by atoms with van der Waals surface area (Å²) in [4.78, 5) is 19.1. The molecule has 5 heteroatoms. The maximum absolute atomic E-state index is 12.6. The molecular formula is C17H18ClN3O. The minimum absolute atomic E-state index is 0.126. The molecule has 1 amide bonds. The summed E-state index contributed by atoms with van der Waals surface area (Å²) in [6.07, 6.45) is 4.37. The van der Waals surface area contributed by atoms with E-state index < -0.39 is 0 Å². The number of carbonyl (C=O) groups is 1. The zero-order valence-electron chi connectivity index (χ0n) is 12.7. The molecule has 1 aliphatic heterocycles. The number of pyridine rings is 1. The number of hydrogen-bond donors (Lipinski definition) is 1. The van der Waals surface area contributed by atoms with Crippen LogP contribution >= 0.6 is 11.6 Å². The minimum atomic E-state index is -0.126. The Hall–Kier alpha value is -1.91. The Morgan fingerprint density at radius 1 is 1.36 bits per heavy atom. The van der Waals surface area contributed by atoms with Crippen molar-refractivity contribution in [1.82, 2.24) is 9.88 Å². The van der Waals surface area contributed by atoms with Gasteiger partial charge in [0.1, 0.15) is 0 Å². The number of aromatic nitrogens is 1. The van der Waals surface area contributed by atoms with E-state index in [1.807, 2.05) is 25.3 Å². The first-order valence-electron chi connectivity index (χ1n) is 7.26. The van der Waals surface area contributed by atoms with Crippen LogP contribution in [0.25, 0.3) is 0 Å². The largest absolute Gasteiger partial charge is 0.322 e. The second kappa shape index (κ2) is 6.07. The predicted molar refractivity (Wildman–Crippen MR) is 88.4 cm³/mol. The molecule has 1 aliphatic rings. The summed E-state index contributed by atoms with van der Waals surface area (Å²) < 4.78 is 0. The topological polar surface area (TPSA) is 45.2 Å². The van der Waals surface area contributed by atoms with Gasteiger partial charge in [0.05, 0.1) is 5.56 Å². The predicted octanol–water partition coefficient (Wildman–Crippen LogP) is 3.28. The quantitative estimate of drug-likeness (QED) is 0.925. The van der Waals surface area contributed by atoms with Gasteiger partial charge in [-0.05, 0) is 49.2 Å². The van der Waals surface area contributed by atoms with Gasteiger partial charge in [-0.1, -0.05) is 17.7 Å². The Morgan fingerprint density at radius 2 is 2.18 bits per heavy atom. The molecule has 4 nitrogen and oxygen atoms in total. The van der Waals surface area contributed by atoms with Crippen molar-refractivity contribution >= 4 is 23.2 Å². The number of halogens is 1. The lowest BCUT2D eigenvalue weighted by Crippen LogP contribution is -2.29. The number of amides is 1. The second-order valence-electron chi connectivity index (χ2n) is 5.73. The molecule has 0 saturated heterocycles. The van der Waals surface area contributed by atoms with Crippen LogP contribution in [0.2, 0.25) is 5.02 Å². The summed E-state index contributed by atoms with van der Waals surface area (Å²) in [5.74, 6) is -0.126. The Labute approximate surface area is 135 Å². The van der Waals surface area contributed by atoms with Gasteiger partial charge in [0.15, 0.2) is 0 Å². The first kappa shape index (κ1) is 15.0. The van der Waals surface area contributed by atoms with Crippen molar-refractivity contribution in [3.05, 3.63) is 57.9 Å². The van der Waals surface area contributed by atoms with E-state index >= 15 is 0 Å². The number of hydrogen-bond acceptors (Lipinski definition) is 3. The maximum atomic E-state index is 12.6. The van der Waals surface area contributed by atoms with Crippen molar-refractivity contribution in [3.8, 4) is 0 Å². The molecule has 3 rings (SSSR count). The van der Waals surface area contributed by atoms with Crippen molar-refractivity contribution in [3.63, 3.8) is 0 Å². The van der Waals surface area contributed by atoms with Crippen LogP contribution in [0.5, 0.6) is 0 Å². The van der Waals surface area contributed by atoms with Crippen LogP contribution in [-0.2, 0) is 13.0 Å². The number of rotatable bonds is 2. The first-order chi connectivity index (χ1) is 10.5. The Bertz CT molecular complexity index is 730. The van der Waals surface area contributed by atoms with Crippen LogP contribution in [0.1, 0.15) is 27.0 Å². The highest BCUT2D eigenvalue weighted by Gasteiger charge is 2.20. The molecule has 0 unspecified atom stereocenters. The normalized spacial score (nSPS) is 14.5. The molecule has 2 heterocycles. The minimum Gasteiger partial charge on any atom is -0.322 e. The monoisotopic (exact) mass is 315 g/mol. The molecule has 0 atom stereocenters. The summed E-state index contributed by atoms with van der Waals surface area (Å²) in [6, 6.07) is 5.48. The number of nitrogens with one attached hydrogen (secondary N) is 1. The lowest BCUT2D eigenvalue weighted by molar-refractivity contribution is 0.102. The fraction of sp³-hybridized carbons (Fsp3) is 0.294. The Balaban J connectivity index is 1.90. The van der Waals surface area contributed by atoms with Crippen LogP contribution in [-0.4, -0.2) is 29.4 Å². The highest BCUT2D eigenvalue weighted by Crippen LogP contribution is 2.24. The number of anilines is 1. The van der Waals surface area contributed by atoms with Crippen molar-refractivity contribution in [2.45, 2.75) is 19.9 Å². The zero-order valence-corrected chi connectivity index (χ0v) is 13.4. The summed E-state index contributed by atoms with van der Waals surface area (Å²) in [5.41, 5.74) is 4.61. The summed E-state index contributed by atoms with van der Waals surface area (Å²) in [5, 5.41) is 3.56. The molecule has 114 valence electrons. The molecule has 1 aromatic carbocycles. The molecule has 0 fully saturated rings. The molecule has 0 bridgehead atoms. The lowest BCUT2D eigenvalue weighted by atomic mass is 9.97.